The molecule has 1 aliphatic rings. The lowest BCUT2D eigenvalue weighted by molar-refractivity contribution is 0.337. The highest BCUT2D eigenvalue weighted by atomic mass is 15.3. The summed E-state index contributed by atoms with van der Waals surface area (Å²) in [5, 5.41) is 0. The maximum atomic E-state index is 5.54. The Bertz CT molecular complexity index is 337. The van der Waals surface area contributed by atoms with Gasteiger partial charge in [-0.1, -0.05) is 0 Å². The molecule has 2 heterocycles. The maximum absolute atomic E-state index is 5.54. The molecule has 5 heteroatoms. The van der Waals surface area contributed by atoms with Crippen LogP contribution in [0, 0.1) is 0 Å². The molecule has 0 saturated carbocycles. The maximum Gasteiger partial charge on any atom is 0.147 e. The van der Waals surface area contributed by atoms with E-state index in [1.165, 1.54) is 0 Å². The first-order valence-electron chi connectivity index (χ1n) is 5.69. The van der Waals surface area contributed by atoms with E-state index >= 15 is 0 Å². The molecule has 1 atom stereocenters. The van der Waals surface area contributed by atoms with E-state index < -0.39 is 0 Å². The molecular formula is C11H19N5. The zero-order chi connectivity index (χ0) is 11.5. The van der Waals surface area contributed by atoms with E-state index in [-0.39, 0.29) is 0 Å². The molecule has 1 unspecified atom stereocenters. The minimum atomic E-state index is 0.463. The van der Waals surface area contributed by atoms with Gasteiger partial charge in [0.25, 0.3) is 0 Å². The van der Waals surface area contributed by atoms with Crippen LogP contribution in [0.4, 0.5) is 11.6 Å². The molecule has 0 spiro atoms. The van der Waals surface area contributed by atoms with Crippen molar-refractivity contribution in [3.8, 4) is 0 Å². The van der Waals surface area contributed by atoms with Crippen LogP contribution in [0.3, 0.4) is 0 Å². The minimum absolute atomic E-state index is 0.463. The molecule has 88 valence electrons. The van der Waals surface area contributed by atoms with Gasteiger partial charge in [-0.3, -0.25) is 0 Å². The lowest BCUT2D eigenvalue weighted by atomic mass is 10.3. The van der Waals surface area contributed by atoms with Gasteiger partial charge in [-0.05, 0) is 26.9 Å². The van der Waals surface area contributed by atoms with Crippen LogP contribution in [0.2, 0.25) is 0 Å². The number of aromatic nitrogens is 2. The van der Waals surface area contributed by atoms with Gasteiger partial charge >= 0.3 is 0 Å². The van der Waals surface area contributed by atoms with Crippen molar-refractivity contribution in [2.75, 3.05) is 37.3 Å². The summed E-state index contributed by atoms with van der Waals surface area (Å²) in [4.78, 5) is 13.1. The summed E-state index contributed by atoms with van der Waals surface area (Å²) in [5.74, 6) is 1.40. The Morgan fingerprint density at radius 2 is 2.12 bits per heavy atom. The standard InChI is InChI=1S/C11H19N5/c1-9-8-15(2)4-3-5-16(9)11-7-13-10(12)6-14-11/h6-7,9H,3-5,8H2,1-2H3,(H2,12,13). The van der Waals surface area contributed by atoms with Gasteiger partial charge in [-0.25, -0.2) is 9.97 Å². The fraction of sp³-hybridized carbons (Fsp3) is 0.636. The number of rotatable bonds is 1. The number of hydrogen-bond acceptors (Lipinski definition) is 5. The van der Waals surface area contributed by atoms with Crippen molar-refractivity contribution in [2.24, 2.45) is 0 Å². The minimum Gasteiger partial charge on any atom is -0.382 e. The molecule has 0 bridgehead atoms. The fourth-order valence-electron chi connectivity index (χ4n) is 2.19. The lowest BCUT2D eigenvalue weighted by Crippen LogP contribution is -2.38. The van der Waals surface area contributed by atoms with Gasteiger partial charge in [-0.2, -0.15) is 0 Å². The van der Waals surface area contributed by atoms with Crippen molar-refractivity contribution in [2.45, 2.75) is 19.4 Å². The fourth-order valence-corrected chi connectivity index (χ4v) is 2.19. The number of hydrogen-bond donors (Lipinski definition) is 1. The molecule has 5 nitrogen and oxygen atoms in total. The monoisotopic (exact) mass is 221 g/mol. The summed E-state index contributed by atoms with van der Waals surface area (Å²) in [6.45, 7) is 5.46. The van der Waals surface area contributed by atoms with E-state index in [4.69, 9.17) is 5.73 Å². The number of anilines is 2. The summed E-state index contributed by atoms with van der Waals surface area (Å²) in [5.41, 5.74) is 5.54. The highest BCUT2D eigenvalue weighted by Gasteiger charge is 2.20. The van der Waals surface area contributed by atoms with Crippen LogP contribution in [0.15, 0.2) is 12.4 Å². The van der Waals surface area contributed by atoms with Crippen molar-refractivity contribution < 1.29 is 0 Å². The molecule has 0 aromatic carbocycles. The van der Waals surface area contributed by atoms with Crippen LogP contribution in [0.5, 0.6) is 0 Å². The van der Waals surface area contributed by atoms with E-state index in [1.54, 1.807) is 12.4 Å². The summed E-state index contributed by atoms with van der Waals surface area (Å²) in [6, 6.07) is 0.463. The van der Waals surface area contributed by atoms with Crippen LogP contribution in [0.1, 0.15) is 13.3 Å². The van der Waals surface area contributed by atoms with Gasteiger partial charge in [0.15, 0.2) is 0 Å². The predicted octanol–water partition coefficient (Wildman–Crippen LogP) is 0.589. The van der Waals surface area contributed by atoms with Crippen LogP contribution in [-0.4, -0.2) is 47.6 Å². The third-order valence-electron chi connectivity index (χ3n) is 3.00. The highest BCUT2D eigenvalue weighted by molar-refractivity contribution is 5.40. The topological polar surface area (TPSA) is 58.3 Å². The number of nitrogen functional groups attached to an aromatic ring is 1. The zero-order valence-corrected chi connectivity index (χ0v) is 9.93. The SMILES string of the molecule is CC1CN(C)CCCN1c1cnc(N)cn1. The second kappa shape index (κ2) is 4.65. The van der Waals surface area contributed by atoms with Crippen LogP contribution in [0.25, 0.3) is 0 Å². The molecule has 1 aliphatic heterocycles. The van der Waals surface area contributed by atoms with E-state index in [9.17, 15) is 0 Å². The Hall–Kier alpha value is -1.36. The zero-order valence-electron chi connectivity index (χ0n) is 9.93. The van der Waals surface area contributed by atoms with Gasteiger partial charge in [0.2, 0.25) is 0 Å². The quantitative estimate of drug-likeness (QED) is 0.752. The Balaban J connectivity index is 2.15. The van der Waals surface area contributed by atoms with Crippen LogP contribution >= 0.6 is 0 Å². The van der Waals surface area contributed by atoms with Gasteiger partial charge in [0.05, 0.1) is 12.4 Å². The van der Waals surface area contributed by atoms with Gasteiger partial charge < -0.3 is 15.5 Å². The normalized spacial score (nSPS) is 23.1. The smallest absolute Gasteiger partial charge is 0.147 e. The number of nitrogens with zero attached hydrogens (tertiary/aromatic N) is 4. The average molecular weight is 221 g/mol. The predicted molar refractivity (Wildman–Crippen MR) is 65.4 cm³/mol. The molecule has 2 rings (SSSR count). The Morgan fingerprint density at radius 1 is 1.31 bits per heavy atom. The van der Waals surface area contributed by atoms with E-state index in [0.29, 0.717) is 11.9 Å². The molecule has 1 fully saturated rings. The molecule has 0 amide bonds. The summed E-state index contributed by atoms with van der Waals surface area (Å²) < 4.78 is 0. The molecule has 1 saturated heterocycles. The second-order valence-electron chi connectivity index (χ2n) is 4.46. The third kappa shape index (κ3) is 2.41. The first-order chi connectivity index (χ1) is 7.66. The summed E-state index contributed by atoms with van der Waals surface area (Å²) >= 11 is 0. The molecule has 1 aromatic rings. The molecule has 0 aliphatic carbocycles. The van der Waals surface area contributed by atoms with Crippen molar-refractivity contribution in [1.82, 2.24) is 14.9 Å². The van der Waals surface area contributed by atoms with E-state index in [1.807, 2.05) is 0 Å². The van der Waals surface area contributed by atoms with Crippen molar-refractivity contribution in [3.63, 3.8) is 0 Å². The average Bonchev–Trinajstić information content (AvgIpc) is 2.41. The van der Waals surface area contributed by atoms with Gasteiger partial charge in [0, 0.05) is 19.1 Å². The van der Waals surface area contributed by atoms with E-state index in [0.717, 1.165) is 31.9 Å². The Kier molecular flexibility index (Phi) is 3.24. The van der Waals surface area contributed by atoms with Crippen molar-refractivity contribution >= 4 is 11.6 Å². The van der Waals surface area contributed by atoms with Gasteiger partial charge in [-0.15, -0.1) is 0 Å². The molecular weight excluding hydrogens is 202 g/mol. The first kappa shape index (κ1) is 11.1. The Labute approximate surface area is 96.3 Å². The lowest BCUT2D eigenvalue weighted by Gasteiger charge is -2.28. The largest absolute Gasteiger partial charge is 0.382 e. The highest BCUT2D eigenvalue weighted by Crippen LogP contribution is 2.16. The molecule has 1 aromatic heterocycles. The Morgan fingerprint density at radius 3 is 2.81 bits per heavy atom. The van der Waals surface area contributed by atoms with Crippen LogP contribution < -0.4 is 10.6 Å². The molecule has 0 radical (unpaired) electrons. The third-order valence-corrected chi connectivity index (χ3v) is 3.00. The summed E-state index contributed by atoms with van der Waals surface area (Å²) in [7, 11) is 2.16. The number of likely N-dealkylation sites (N-methyl/N-ethyl adjacent to an activating group) is 1. The molecule has 16 heavy (non-hydrogen) atoms. The summed E-state index contributed by atoms with van der Waals surface area (Å²) in [6.07, 6.45) is 4.54. The number of nitrogens with two attached hydrogens (primary N) is 1. The van der Waals surface area contributed by atoms with Gasteiger partial charge in [0.1, 0.15) is 11.6 Å². The van der Waals surface area contributed by atoms with E-state index in [2.05, 4.69) is 33.7 Å². The van der Waals surface area contributed by atoms with Crippen molar-refractivity contribution in [3.05, 3.63) is 12.4 Å². The second-order valence-corrected chi connectivity index (χ2v) is 4.46. The first-order valence-corrected chi connectivity index (χ1v) is 5.69. The van der Waals surface area contributed by atoms with Crippen molar-refractivity contribution in [1.29, 1.82) is 0 Å². The van der Waals surface area contributed by atoms with Crippen LogP contribution in [-0.2, 0) is 0 Å². The molecule has 2 N–H and O–H groups in total.